The number of aryl methyl sites for hydroxylation is 1. The SMILES string of the molecule is CCC(CC)C(=O)NCCc1cc2c(C)ccc(OC)c2[nH]c1=O. The lowest BCUT2D eigenvalue weighted by Crippen LogP contribution is -2.32. The van der Waals surface area contributed by atoms with Crippen LogP contribution in [0.2, 0.25) is 0 Å². The molecule has 0 bridgehead atoms. The van der Waals surface area contributed by atoms with Crippen molar-refractivity contribution in [3.63, 3.8) is 0 Å². The largest absolute Gasteiger partial charge is 0.495 e. The molecule has 130 valence electrons. The first-order valence-corrected chi connectivity index (χ1v) is 8.49. The number of amides is 1. The second-order valence-corrected chi connectivity index (χ2v) is 6.05. The summed E-state index contributed by atoms with van der Waals surface area (Å²) in [7, 11) is 1.59. The third kappa shape index (κ3) is 3.78. The quantitative estimate of drug-likeness (QED) is 0.820. The normalized spacial score (nSPS) is 11.0. The van der Waals surface area contributed by atoms with Crippen LogP contribution >= 0.6 is 0 Å². The molecule has 24 heavy (non-hydrogen) atoms. The van der Waals surface area contributed by atoms with Gasteiger partial charge in [-0.05, 0) is 43.9 Å². The molecule has 0 fully saturated rings. The van der Waals surface area contributed by atoms with Crippen LogP contribution < -0.4 is 15.6 Å². The molecule has 0 aliphatic rings. The summed E-state index contributed by atoms with van der Waals surface area (Å²) in [6.45, 7) is 6.49. The van der Waals surface area contributed by atoms with Gasteiger partial charge in [0.15, 0.2) is 0 Å². The van der Waals surface area contributed by atoms with Gasteiger partial charge in [-0.2, -0.15) is 0 Å². The molecular weight excluding hydrogens is 304 g/mol. The van der Waals surface area contributed by atoms with Crippen LogP contribution in [-0.2, 0) is 11.2 Å². The van der Waals surface area contributed by atoms with E-state index in [1.165, 1.54) is 0 Å². The molecule has 0 atom stereocenters. The van der Waals surface area contributed by atoms with Crippen molar-refractivity contribution in [2.75, 3.05) is 13.7 Å². The third-order valence-corrected chi connectivity index (χ3v) is 4.54. The molecule has 1 aromatic heterocycles. The van der Waals surface area contributed by atoms with Crippen LogP contribution in [0.5, 0.6) is 5.75 Å². The zero-order valence-electron chi connectivity index (χ0n) is 14.9. The van der Waals surface area contributed by atoms with Crippen molar-refractivity contribution < 1.29 is 9.53 Å². The fourth-order valence-corrected chi connectivity index (χ4v) is 2.93. The van der Waals surface area contributed by atoms with Crippen molar-refractivity contribution in [3.8, 4) is 5.75 Å². The first-order chi connectivity index (χ1) is 11.5. The number of hydrogen-bond donors (Lipinski definition) is 2. The maximum Gasteiger partial charge on any atom is 0.251 e. The molecular formula is C19H26N2O3. The molecule has 5 heteroatoms. The van der Waals surface area contributed by atoms with Crippen LogP contribution in [0, 0.1) is 12.8 Å². The Bertz CT molecular complexity index is 776. The van der Waals surface area contributed by atoms with Gasteiger partial charge in [0.1, 0.15) is 5.75 Å². The highest BCUT2D eigenvalue weighted by Gasteiger charge is 2.14. The fourth-order valence-electron chi connectivity index (χ4n) is 2.93. The molecule has 2 N–H and O–H groups in total. The predicted molar refractivity (Wildman–Crippen MR) is 96.6 cm³/mol. The molecule has 2 aromatic rings. The van der Waals surface area contributed by atoms with Crippen molar-refractivity contribution in [1.29, 1.82) is 0 Å². The first-order valence-electron chi connectivity index (χ1n) is 8.49. The Morgan fingerprint density at radius 2 is 2.00 bits per heavy atom. The second-order valence-electron chi connectivity index (χ2n) is 6.05. The van der Waals surface area contributed by atoms with Crippen LogP contribution in [0.3, 0.4) is 0 Å². The molecule has 2 rings (SSSR count). The summed E-state index contributed by atoms with van der Waals surface area (Å²) in [6, 6.07) is 5.72. The summed E-state index contributed by atoms with van der Waals surface area (Å²) < 4.78 is 5.31. The number of rotatable bonds is 7. The van der Waals surface area contributed by atoms with E-state index in [1.807, 2.05) is 39.0 Å². The predicted octanol–water partition coefficient (Wildman–Crippen LogP) is 2.94. The summed E-state index contributed by atoms with van der Waals surface area (Å²) in [4.78, 5) is 27.2. The third-order valence-electron chi connectivity index (χ3n) is 4.54. The Labute approximate surface area is 142 Å². The number of aromatic amines is 1. The topological polar surface area (TPSA) is 71.2 Å². The molecule has 0 unspecified atom stereocenters. The minimum atomic E-state index is -0.136. The molecule has 5 nitrogen and oxygen atoms in total. The van der Waals surface area contributed by atoms with E-state index in [0.717, 1.165) is 23.8 Å². The summed E-state index contributed by atoms with van der Waals surface area (Å²) in [5.41, 5.74) is 2.32. The maximum absolute atomic E-state index is 12.3. The van der Waals surface area contributed by atoms with E-state index in [-0.39, 0.29) is 17.4 Å². The van der Waals surface area contributed by atoms with Gasteiger partial charge in [0, 0.05) is 23.4 Å². The van der Waals surface area contributed by atoms with Crippen molar-refractivity contribution in [1.82, 2.24) is 10.3 Å². The zero-order chi connectivity index (χ0) is 17.7. The zero-order valence-corrected chi connectivity index (χ0v) is 14.9. The highest BCUT2D eigenvalue weighted by Crippen LogP contribution is 2.25. The number of hydrogen-bond acceptors (Lipinski definition) is 3. The molecule has 0 aliphatic carbocycles. The number of benzene rings is 1. The van der Waals surface area contributed by atoms with Gasteiger partial charge in [0.25, 0.3) is 5.56 Å². The minimum absolute atomic E-state index is 0.0476. The summed E-state index contributed by atoms with van der Waals surface area (Å²) in [5.74, 6) is 0.766. The van der Waals surface area contributed by atoms with Gasteiger partial charge in [-0.3, -0.25) is 9.59 Å². The van der Waals surface area contributed by atoms with Crippen LogP contribution in [0.4, 0.5) is 0 Å². The van der Waals surface area contributed by atoms with Crippen molar-refractivity contribution >= 4 is 16.8 Å². The minimum Gasteiger partial charge on any atom is -0.495 e. The van der Waals surface area contributed by atoms with Gasteiger partial charge < -0.3 is 15.0 Å². The van der Waals surface area contributed by atoms with E-state index < -0.39 is 0 Å². The summed E-state index contributed by atoms with van der Waals surface area (Å²) in [5, 5.41) is 3.90. The van der Waals surface area contributed by atoms with E-state index in [4.69, 9.17) is 4.74 Å². The standard InChI is InChI=1S/C19H26N2O3/c1-5-13(6-2)18(22)20-10-9-14-11-15-12(3)7-8-16(24-4)17(15)21-19(14)23/h7-8,11,13H,5-6,9-10H2,1-4H3,(H,20,22)(H,21,23). The lowest BCUT2D eigenvalue weighted by Gasteiger charge is -2.13. The van der Waals surface area contributed by atoms with E-state index in [9.17, 15) is 9.59 Å². The number of carbonyl (C=O) groups is 1. The fraction of sp³-hybridized carbons (Fsp3) is 0.474. The number of methoxy groups -OCH3 is 1. The number of aromatic nitrogens is 1. The Morgan fingerprint density at radius 1 is 1.29 bits per heavy atom. The van der Waals surface area contributed by atoms with Gasteiger partial charge in [-0.25, -0.2) is 0 Å². The molecule has 1 amide bonds. The molecule has 0 aliphatic heterocycles. The number of carbonyl (C=O) groups excluding carboxylic acids is 1. The van der Waals surface area contributed by atoms with E-state index >= 15 is 0 Å². The lowest BCUT2D eigenvalue weighted by molar-refractivity contribution is -0.125. The van der Waals surface area contributed by atoms with Crippen molar-refractivity contribution in [2.45, 2.75) is 40.0 Å². The van der Waals surface area contributed by atoms with Gasteiger partial charge >= 0.3 is 0 Å². The van der Waals surface area contributed by atoms with Gasteiger partial charge in [-0.15, -0.1) is 0 Å². The molecule has 0 spiro atoms. The van der Waals surface area contributed by atoms with E-state index in [0.29, 0.717) is 29.8 Å². The Hall–Kier alpha value is -2.30. The van der Waals surface area contributed by atoms with Gasteiger partial charge in [-0.1, -0.05) is 19.9 Å². The molecule has 0 saturated carbocycles. The lowest BCUT2D eigenvalue weighted by atomic mass is 10.0. The van der Waals surface area contributed by atoms with Crippen LogP contribution in [0.25, 0.3) is 10.9 Å². The summed E-state index contributed by atoms with van der Waals surface area (Å²) >= 11 is 0. The van der Waals surface area contributed by atoms with Gasteiger partial charge in [0.05, 0.1) is 12.6 Å². The van der Waals surface area contributed by atoms with Crippen LogP contribution in [0.1, 0.15) is 37.8 Å². The van der Waals surface area contributed by atoms with Crippen molar-refractivity contribution in [3.05, 3.63) is 39.7 Å². The summed E-state index contributed by atoms with van der Waals surface area (Å²) in [6.07, 6.45) is 2.17. The van der Waals surface area contributed by atoms with E-state index in [1.54, 1.807) is 7.11 Å². The Balaban J connectivity index is 2.18. The average molecular weight is 330 g/mol. The first kappa shape index (κ1) is 18.0. The molecule has 1 aromatic carbocycles. The average Bonchev–Trinajstić information content (AvgIpc) is 2.57. The maximum atomic E-state index is 12.3. The van der Waals surface area contributed by atoms with Crippen LogP contribution in [0.15, 0.2) is 23.0 Å². The highest BCUT2D eigenvalue weighted by atomic mass is 16.5. The highest BCUT2D eigenvalue weighted by molar-refractivity contribution is 5.87. The van der Waals surface area contributed by atoms with E-state index in [2.05, 4.69) is 10.3 Å². The Kier molecular flexibility index (Phi) is 6.01. The monoisotopic (exact) mass is 330 g/mol. The van der Waals surface area contributed by atoms with Gasteiger partial charge in [0.2, 0.25) is 5.91 Å². The number of fused-ring (bicyclic) bond motifs is 1. The second kappa shape index (κ2) is 7.99. The molecule has 0 radical (unpaired) electrons. The number of pyridine rings is 1. The number of nitrogens with one attached hydrogen (secondary N) is 2. The number of H-pyrrole nitrogens is 1. The molecule has 0 saturated heterocycles. The van der Waals surface area contributed by atoms with Crippen molar-refractivity contribution in [2.24, 2.45) is 5.92 Å². The molecule has 1 heterocycles. The number of ether oxygens (including phenoxy) is 1. The smallest absolute Gasteiger partial charge is 0.251 e. The van der Waals surface area contributed by atoms with Crippen LogP contribution in [-0.4, -0.2) is 24.5 Å². The Morgan fingerprint density at radius 3 is 2.62 bits per heavy atom.